The number of hydrogen-bond acceptors (Lipinski definition) is 4. The molecule has 0 bridgehead atoms. The fraction of sp³-hybridized carbons (Fsp3) is 0. The third kappa shape index (κ3) is 1.53. The summed E-state index contributed by atoms with van der Waals surface area (Å²) in [7, 11) is 0. The number of nitrogens with two attached hydrogens (primary N) is 1. The molecule has 0 aliphatic carbocycles. The van der Waals surface area contributed by atoms with Crippen LogP contribution in [-0.2, 0) is 0 Å². The number of anilines is 1. The monoisotopic (exact) mass is 261 g/mol. The number of aromatic nitrogens is 4. The zero-order chi connectivity index (χ0) is 13.5. The van der Waals surface area contributed by atoms with Gasteiger partial charge in [0.05, 0.1) is 5.52 Å². The zero-order valence-corrected chi connectivity index (χ0v) is 10.5. The van der Waals surface area contributed by atoms with Gasteiger partial charge in [-0.3, -0.25) is 4.98 Å². The van der Waals surface area contributed by atoms with E-state index in [4.69, 9.17) is 5.73 Å². The minimum absolute atomic E-state index is 0.464. The Morgan fingerprint density at radius 3 is 2.60 bits per heavy atom. The summed E-state index contributed by atoms with van der Waals surface area (Å²) in [6.45, 7) is 0. The summed E-state index contributed by atoms with van der Waals surface area (Å²) in [6, 6.07) is 11.7. The van der Waals surface area contributed by atoms with Crippen molar-refractivity contribution >= 4 is 27.8 Å². The van der Waals surface area contributed by atoms with Crippen molar-refractivity contribution in [3.63, 3.8) is 0 Å². The average molecular weight is 261 g/mol. The molecule has 0 aliphatic rings. The molecule has 0 radical (unpaired) electrons. The van der Waals surface area contributed by atoms with Gasteiger partial charge in [-0.2, -0.15) is 0 Å². The second-order valence-electron chi connectivity index (χ2n) is 4.56. The lowest BCUT2D eigenvalue weighted by Gasteiger charge is -1.99. The smallest absolute Gasteiger partial charge is 0.150 e. The normalized spacial score (nSPS) is 11.2. The number of para-hydroxylation sites is 1. The van der Waals surface area contributed by atoms with Crippen molar-refractivity contribution in [2.45, 2.75) is 0 Å². The van der Waals surface area contributed by atoms with Crippen molar-refractivity contribution in [3.05, 3.63) is 48.8 Å². The summed E-state index contributed by atoms with van der Waals surface area (Å²) in [5, 5.41) is 0.994. The van der Waals surface area contributed by atoms with Crippen LogP contribution < -0.4 is 5.73 Å². The Morgan fingerprint density at radius 2 is 1.75 bits per heavy atom. The second-order valence-corrected chi connectivity index (χ2v) is 4.56. The first-order valence-electron chi connectivity index (χ1n) is 6.27. The molecule has 4 aromatic rings. The van der Waals surface area contributed by atoms with Crippen LogP contribution in [0, 0.1) is 0 Å². The van der Waals surface area contributed by atoms with Gasteiger partial charge in [0.15, 0.2) is 0 Å². The van der Waals surface area contributed by atoms with Crippen LogP contribution in [0.2, 0.25) is 0 Å². The molecule has 4 rings (SSSR count). The number of fused-ring (bicyclic) bond motifs is 3. The van der Waals surface area contributed by atoms with E-state index in [9.17, 15) is 0 Å². The number of aromatic amines is 1. The van der Waals surface area contributed by atoms with Crippen molar-refractivity contribution in [2.24, 2.45) is 0 Å². The Bertz CT molecular complexity index is 912. The maximum Gasteiger partial charge on any atom is 0.150 e. The molecule has 1 aromatic carbocycles. The maximum absolute atomic E-state index is 6.02. The number of nitrogens with zero attached hydrogens (tertiary/aromatic N) is 3. The van der Waals surface area contributed by atoms with Gasteiger partial charge in [0, 0.05) is 23.3 Å². The van der Waals surface area contributed by atoms with Crippen molar-refractivity contribution in [2.75, 3.05) is 5.73 Å². The molecule has 0 unspecified atom stereocenters. The molecule has 20 heavy (non-hydrogen) atoms. The number of hydrogen-bond donors (Lipinski definition) is 2. The van der Waals surface area contributed by atoms with Gasteiger partial charge < -0.3 is 10.7 Å². The summed E-state index contributed by atoms with van der Waals surface area (Å²) in [5.74, 6) is 1.23. The van der Waals surface area contributed by atoms with Crippen LogP contribution in [0.1, 0.15) is 0 Å². The zero-order valence-electron chi connectivity index (χ0n) is 10.5. The highest BCUT2D eigenvalue weighted by molar-refractivity contribution is 6.06. The van der Waals surface area contributed by atoms with Gasteiger partial charge in [-0.25, -0.2) is 9.97 Å². The predicted octanol–water partition coefficient (Wildman–Crippen LogP) is 2.76. The quantitative estimate of drug-likeness (QED) is 0.552. The molecule has 3 aromatic heterocycles. The summed E-state index contributed by atoms with van der Waals surface area (Å²) < 4.78 is 0. The molecule has 96 valence electrons. The first-order valence-corrected chi connectivity index (χ1v) is 6.27. The predicted molar refractivity (Wildman–Crippen MR) is 79.0 cm³/mol. The highest BCUT2D eigenvalue weighted by Gasteiger charge is 2.12. The molecule has 0 saturated carbocycles. The van der Waals surface area contributed by atoms with Crippen LogP contribution in [0.4, 0.5) is 5.82 Å². The van der Waals surface area contributed by atoms with Gasteiger partial charge in [0.25, 0.3) is 0 Å². The molecule has 0 atom stereocenters. The number of pyridine rings is 2. The Balaban J connectivity index is 2.08. The lowest BCUT2D eigenvalue weighted by molar-refractivity contribution is 1.28. The first-order chi connectivity index (χ1) is 9.83. The lowest BCUT2D eigenvalue weighted by atomic mass is 10.2. The maximum atomic E-state index is 6.02. The summed E-state index contributed by atoms with van der Waals surface area (Å²) in [4.78, 5) is 16.3. The third-order valence-electron chi connectivity index (χ3n) is 3.31. The van der Waals surface area contributed by atoms with Crippen molar-refractivity contribution in [1.29, 1.82) is 0 Å². The molecule has 0 fully saturated rings. The van der Waals surface area contributed by atoms with Crippen molar-refractivity contribution in [3.8, 4) is 11.4 Å². The molecule has 5 heteroatoms. The van der Waals surface area contributed by atoms with E-state index in [1.165, 1.54) is 0 Å². The van der Waals surface area contributed by atoms with Gasteiger partial charge in [-0.15, -0.1) is 0 Å². The largest absolute Gasteiger partial charge is 0.382 e. The number of nitrogens with one attached hydrogen (secondary N) is 1. The topological polar surface area (TPSA) is 80.5 Å². The Hall–Kier alpha value is -2.95. The third-order valence-corrected chi connectivity index (χ3v) is 3.31. The minimum Gasteiger partial charge on any atom is -0.382 e. The van der Waals surface area contributed by atoms with E-state index >= 15 is 0 Å². The molecule has 0 amide bonds. The van der Waals surface area contributed by atoms with E-state index in [1.54, 1.807) is 12.4 Å². The van der Waals surface area contributed by atoms with Gasteiger partial charge in [-0.05, 0) is 18.2 Å². The molecular formula is C15H11N5. The van der Waals surface area contributed by atoms with E-state index < -0.39 is 0 Å². The minimum atomic E-state index is 0.464. The number of rotatable bonds is 1. The molecule has 0 saturated heterocycles. The molecule has 0 spiro atoms. The van der Waals surface area contributed by atoms with E-state index in [0.29, 0.717) is 5.82 Å². The fourth-order valence-electron chi connectivity index (χ4n) is 2.36. The lowest BCUT2D eigenvalue weighted by Crippen LogP contribution is -1.92. The van der Waals surface area contributed by atoms with Crippen LogP contribution in [-0.4, -0.2) is 19.9 Å². The highest BCUT2D eigenvalue weighted by Crippen LogP contribution is 2.28. The first kappa shape index (κ1) is 10.9. The molecule has 0 aliphatic heterocycles. The summed E-state index contributed by atoms with van der Waals surface area (Å²) >= 11 is 0. The Morgan fingerprint density at radius 1 is 0.950 bits per heavy atom. The van der Waals surface area contributed by atoms with E-state index in [1.807, 2.05) is 36.4 Å². The standard InChI is InChI=1S/C15H11N5/c16-14-13-12(10-3-1-2-4-11(10)18-14)19-15(20-13)9-5-7-17-8-6-9/h1-8H,(H2,16,18)(H,19,20). The molecule has 3 heterocycles. The second kappa shape index (κ2) is 4.03. The molecule has 3 N–H and O–H groups in total. The van der Waals surface area contributed by atoms with E-state index in [0.717, 1.165) is 33.3 Å². The van der Waals surface area contributed by atoms with Crippen LogP contribution in [0.15, 0.2) is 48.8 Å². The Labute approximate surface area is 114 Å². The van der Waals surface area contributed by atoms with Gasteiger partial charge >= 0.3 is 0 Å². The van der Waals surface area contributed by atoms with Gasteiger partial charge in [0.2, 0.25) is 0 Å². The highest BCUT2D eigenvalue weighted by atomic mass is 15.0. The SMILES string of the molecule is Nc1nc2ccccc2c2nc(-c3ccncc3)[nH]c12. The van der Waals surface area contributed by atoms with Crippen molar-refractivity contribution in [1.82, 2.24) is 19.9 Å². The van der Waals surface area contributed by atoms with Gasteiger partial charge in [0.1, 0.15) is 22.7 Å². The molecular weight excluding hydrogens is 250 g/mol. The summed E-state index contributed by atoms with van der Waals surface area (Å²) in [6.07, 6.45) is 3.48. The van der Waals surface area contributed by atoms with Crippen LogP contribution in [0.25, 0.3) is 33.3 Å². The Kier molecular flexibility index (Phi) is 2.20. The van der Waals surface area contributed by atoms with E-state index in [2.05, 4.69) is 19.9 Å². The average Bonchev–Trinajstić information content (AvgIpc) is 2.94. The number of nitrogen functional groups attached to an aromatic ring is 1. The van der Waals surface area contributed by atoms with E-state index in [-0.39, 0.29) is 0 Å². The fourth-order valence-corrected chi connectivity index (χ4v) is 2.36. The summed E-state index contributed by atoms with van der Waals surface area (Å²) in [5.41, 5.74) is 9.46. The number of benzene rings is 1. The van der Waals surface area contributed by atoms with Crippen LogP contribution in [0.5, 0.6) is 0 Å². The van der Waals surface area contributed by atoms with Gasteiger partial charge in [-0.1, -0.05) is 18.2 Å². The van der Waals surface area contributed by atoms with Crippen LogP contribution >= 0.6 is 0 Å². The molecule has 5 nitrogen and oxygen atoms in total. The number of H-pyrrole nitrogens is 1. The van der Waals surface area contributed by atoms with Crippen molar-refractivity contribution < 1.29 is 0 Å². The number of imidazole rings is 1. The van der Waals surface area contributed by atoms with Crippen LogP contribution in [0.3, 0.4) is 0 Å².